The number of piperidine rings is 1. The summed E-state index contributed by atoms with van der Waals surface area (Å²) in [6, 6.07) is 9.89. The molecular formula is C23H30N4O4. The number of carbonyl (C=O) groups is 3. The van der Waals surface area contributed by atoms with Crippen LogP contribution in [0.3, 0.4) is 0 Å². The summed E-state index contributed by atoms with van der Waals surface area (Å²) >= 11 is 0. The van der Waals surface area contributed by atoms with E-state index in [2.05, 4.69) is 10.2 Å². The van der Waals surface area contributed by atoms with Gasteiger partial charge in [-0.2, -0.15) is 5.10 Å². The molecule has 2 amide bonds. The molecule has 1 atom stereocenters. The van der Waals surface area contributed by atoms with Crippen molar-refractivity contribution in [2.75, 3.05) is 13.1 Å². The number of nitrogens with zero attached hydrogens (tertiary/aromatic N) is 3. The van der Waals surface area contributed by atoms with Gasteiger partial charge in [-0.1, -0.05) is 30.3 Å². The van der Waals surface area contributed by atoms with Gasteiger partial charge >= 0.3 is 0 Å². The predicted molar refractivity (Wildman–Crippen MR) is 117 cm³/mol. The minimum Gasteiger partial charge on any atom is -0.483 e. The Morgan fingerprint density at radius 2 is 1.81 bits per heavy atom. The van der Waals surface area contributed by atoms with Crippen LogP contribution in [0.2, 0.25) is 0 Å². The summed E-state index contributed by atoms with van der Waals surface area (Å²) in [6.45, 7) is 7.12. The Kier molecular flexibility index (Phi) is 6.77. The summed E-state index contributed by atoms with van der Waals surface area (Å²) in [5.41, 5.74) is 2.20. The molecule has 2 aliphatic heterocycles. The van der Waals surface area contributed by atoms with Crippen molar-refractivity contribution in [2.24, 2.45) is 0 Å². The molecule has 3 heterocycles. The third-order valence-corrected chi connectivity index (χ3v) is 6.21. The van der Waals surface area contributed by atoms with Gasteiger partial charge in [0.05, 0.1) is 5.56 Å². The molecule has 31 heavy (non-hydrogen) atoms. The lowest BCUT2D eigenvalue weighted by Gasteiger charge is -2.46. The molecule has 0 radical (unpaired) electrons. The van der Waals surface area contributed by atoms with Crippen LogP contribution in [-0.4, -0.2) is 68.1 Å². The molecule has 2 aromatic rings. The number of amides is 2. The van der Waals surface area contributed by atoms with E-state index in [0.29, 0.717) is 17.8 Å². The van der Waals surface area contributed by atoms with E-state index in [-0.39, 0.29) is 24.3 Å². The normalized spacial score (nSPS) is 20.7. The first-order valence-electron chi connectivity index (χ1n) is 10.7. The van der Waals surface area contributed by atoms with Crippen molar-refractivity contribution >= 4 is 18.3 Å². The molecule has 1 aromatic carbocycles. The maximum Gasteiger partial charge on any atom is 0.290 e. The van der Waals surface area contributed by atoms with Gasteiger partial charge in [-0.3, -0.25) is 19.5 Å². The van der Waals surface area contributed by atoms with Gasteiger partial charge in [0.2, 0.25) is 5.91 Å². The highest BCUT2D eigenvalue weighted by Gasteiger charge is 2.53. The quantitative estimate of drug-likeness (QED) is 0.734. The summed E-state index contributed by atoms with van der Waals surface area (Å²) in [5.74, 6) is 0.0311. The zero-order chi connectivity index (χ0) is 22.6. The van der Waals surface area contributed by atoms with Gasteiger partial charge in [0.1, 0.15) is 11.2 Å². The lowest BCUT2D eigenvalue weighted by molar-refractivity contribution is -0.147. The van der Waals surface area contributed by atoms with Crippen molar-refractivity contribution in [1.29, 1.82) is 0 Å². The van der Waals surface area contributed by atoms with E-state index >= 15 is 0 Å². The first-order valence-corrected chi connectivity index (χ1v) is 10.7. The first-order chi connectivity index (χ1) is 14.9. The lowest BCUT2D eigenvalue weighted by atomic mass is 9.84. The summed E-state index contributed by atoms with van der Waals surface area (Å²) in [6.07, 6.45) is 3.29. The van der Waals surface area contributed by atoms with E-state index in [4.69, 9.17) is 9.90 Å². The van der Waals surface area contributed by atoms with Crippen LogP contribution in [0.25, 0.3) is 11.3 Å². The van der Waals surface area contributed by atoms with Gasteiger partial charge in [-0.25, -0.2) is 0 Å². The highest BCUT2D eigenvalue weighted by Crippen LogP contribution is 2.40. The second-order valence-corrected chi connectivity index (χ2v) is 8.33. The van der Waals surface area contributed by atoms with Crippen molar-refractivity contribution < 1.29 is 19.5 Å². The largest absolute Gasteiger partial charge is 0.483 e. The second-order valence-electron chi connectivity index (χ2n) is 8.33. The minimum atomic E-state index is -0.697. The number of likely N-dealkylation sites (tertiary alicyclic amines) is 2. The number of H-pyrrole nitrogens is 1. The molecule has 0 aliphatic carbocycles. The van der Waals surface area contributed by atoms with Crippen LogP contribution < -0.4 is 0 Å². The summed E-state index contributed by atoms with van der Waals surface area (Å²) in [5, 5.41) is 14.3. The number of carbonyl (C=O) groups excluding carboxylic acids is 2. The van der Waals surface area contributed by atoms with Crippen LogP contribution in [-0.2, 0) is 9.59 Å². The van der Waals surface area contributed by atoms with Crippen molar-refractivity contribution in [1.82, 2.24) is 20.0 Å². The molecule has 2 fully saturated rings. The Morgan fingerprint density at radius 1 is 1.19 bits per heavy atom. The van der Waals surface area contributed by atoms with E-state index < -0.39 is 5.54 Å². The number of nitrogens with one attached hydrogen (secondary N) is 1. The standard InChI is InChI=1S/C22H28N4O2.CH2O2/c1-15(2)25-13-7-11-22(21(25)28)12-8-14-26(22)20(27)18-16(3)23-24-19(18)17-9-5-4-6-10-17;2-1-3/h4-6,9-10,15H,7-8,11-14H2,1-3H3,(H,23,24);1H,(H,2,3). The zero-order valence-electron chi connectivity index (χ0n) is 18.3. The SMILES string of the molecule is Cc1[nH]nc(-c2ccccc2)c1C(=O)N1CCCC12CCCN(C(C)C)C2=O.O=CO. The van der Waals surface area contributed by atoms with Crippen molar-refractivity contribution in [3.05, 3.63) is 41.6 Å². The Balaban J connectivity index is 0.000000858. The molecule has 2 N–H and O–H groups in total. The number of carboxylic acid groups (broad SMARTS) is 1. The molecule has 0 saturated carbocycles. The van der Waals surface area contributed by atoms with Crippen molar-refractivity contribution in [2.45, 2.75) is 58.0 Å². The lowest BCUT2D eigenvalue weighted by Crippen LogP contribution is -2.62. The van der Waals surface area contributed by atoms with E-state index in [9.17, 15) is 9.59 Å². The van der Waals surface area contributed by atoms with E-state index in [0.717, 1.165) is 43.5 Å². The number of aryl methyl sites for hydroxylation is 1. The zero-order valence-corrected chi connectivity index (χ0v) is 18.3. The number of hydrogen-bond donors (Lipinski definition) is 2. The fourth-order valence-electron chi connectivity index (χ4n) is 4.80. The molecular weight excluding hydrogens is 396 g/mol. The Bertz CT molecular complexity index is 940. The fourth-order valence-corrected chi connectivity index (χ4v) is 4.80. The monoisotopic (exact) mass is 426 g/mol. The Labute approximate surface area is 182 Å². The van der Waals surface area contributed by atoms with E-state index in [1.54, 1.807) is 0 Å². The first kappa shape index (κ1) is 22.5. The third-order valence-electron chi connectivity index (χ3n) is 6.21. The van der Waals surface area contributed by atoms with Gasteiger partial charge in [-0.15, -0.1) is 0 Å². The fraction of sp³-hybridized carbons (Fsp3) is 0.478. The molecule has 1 aromatic heterocycles. The molecule has 1 spiro atoms. The van der Waals surface area contributed by atoms with Gasteiger partial charge in [0, 0.05) is 30.4 Å². The van der Waals surface area contributed by atoms with Gasteiger partial charge < -0.3 is 14.9 Å². The molecule has 8 heteroatoms. The molecule has 8 nitrogen and oxygen atoms in total. The molecule has 0 bridgehead atoms. The molecule has 1 unspecified atom stereocenters. The van der Waals surface area contributed by atoms with Crippen molar-refractivity contribution in [3.63, 3.8) is 0 Å². The summed E-state index contributed by atoms with van der Waals surface area (Å²) in [7, 11) is 0. The molecule has 166 valence electrons. The van der Waals surface area contributed by atoms with Crippen LogP contribution in [0.5, 0.6) is 0 Å². The van der Waals surface area contributed by atoms with Gasteiger partial charge in [-0.05, 0) is 46.5 Å². The predicted octanol–water partition coefficient (Wildman–Crippen LogP) is 3.09. The molecule has 2 aliphatic rings. The van der Waals surface area contributed by atoms with E-state index in [1.807, 2.05) is 60.9 Å². The number of hydrogen-bond acceptors (Lipinski definition) is 4. The van der Waals surface area contributed by atoms with Gasteiger partial charge in [0.15, 0.2) is 0 Å². The highest BCUT2D eigenvalue weighted by atomic mass is 16.3. The average molecular weight is 427 g/mol. The molecule has 4 rings (SSSR count). The highest BCUT2D eigenvalue weighted by molar-refractivity contribution is 6.04. The van der Waals surface area contributed by atoms with Gasteiger partial charge in [0.25, 0.3) is 12.4 Å². The average Bonchev–Trinajstić information content (AvgIpc) is 3.35. The Hall–Kier alpha value is -3.16. The summed E-state index contributed by atoms with van der Waals surface area (Å²) in [4.78, 5) is 39.3. The molecule has 2 saturated heterocycles. The number of aromatic amines is 1. The number of benzene rings is 1. The van der Waals surface area contributed by atoms with Crippen LogP contribution >= 0.6 is 0 Å². The topological polar surface area (TPSA) is 107 Å². The maximum atomic E-state index is 13.7. The Morgan fingerprint density at radius 3 is 2.42 bits per heavy atom. The van der Waals surface area contributed by atoms with Crippen LogP contribution in [0.4, 0.5) is 0 Å². The number of aromatic nitrogens is 2. The van der Waals surface area contributed by atoms with Crippen LogP contribution in [0.15, 0.2) is 30.3 Å². The van der Waals surface area contributed by atoms with Crippen LogP contribution in [0, 0.1) is 6.92 Å². The van der Waals surface area contributed by atoms with Crippen LogP contribution in [0.1, 0.15) is 55.6 Å². The summed E-state index contributed by atoms with van der Waals surface area (Å²) < 4.78 is 0. The number of rotatable bonds is 3. The second kappa shape index (κ2) is 9.32. The minimum absolute atomic E-state index is 0.0819. The van der Waals surface area contributed by atoms with E-state index in [1.165, 1.54) is 0 Å². The van der Waals surface area contributed by atoms with Crippen molar-refractivity contribution in [3.8, 4) is 11.3 Å². The third kappa shape index (κ3) is 4.06. The smallest absolute Gasteiger partial charge is 0.290 e. The maximum absolute atomic E-state index is 13.7.